The Kier molecular flexibility index (Phi) is 6.64. The van der Waals surface area contributed by atoms with Gasteiger partial charge in [-0.15, -0.1) is 11.3 Å². The molecule has 5 rings (SSSR count). The SMILES string of the molecule is CN(C)C1CCc2nc(C(=O)NC3CCCCC3NC(=O)c3cc4cc(Cl)ccc4[nH]3)sc2C1. The molecule has 2 aromatic heterocycles. The predicted octanol–water partition coefficient (Wildman–Crippen LogP) is 4.17. The normalized spacial score (nSPS) is 22.5. The fourth-order valence-corrected chi connectivity index (χ4v) is 6.34. The van der Waals surface area contributed by atoms with E-state index in [1.165, 1.54) is 16.2 Å². The summed E-state index contributed by atoms with van der Waals surface area (Å²) >= 11 is 7.59. The summed E-state index contributed by atoms with van der Waals surface area (Å²) in [5.74, 6) is -0.301. The number of carbonyl (C=O) groups excluding carboxylic acids is 2. The summed E-state index contributed by atoms with van der Waals surface area (Å²) in [7, 11) is 4.21. The molecule has 180 valence electrons. The lowest BCUT2D eigenvalue weighted by Crippen LogP contribution is -2.53. The molecule has 1 fully saturated rings. The Morgan fingerprint density at radius 3 is 2.56 bits per heavy atom. The van der Waals surface area contributed by atoms with Gasteiger partial charge in [-0.05, 0) is 70.5 Å². The molecule has 1 saturated carbocycles. The van der Waals surface area contributed by atoms with Gasteiger partial charge in [-0.1, -0.05) is 24.4 Å². The van der Waals surface area contributed by atoms with E-state index in [2.05, 4.69) is 39.6 Å². The van der Waals surface area contributed by atoms with Crippen LogP contribution in [-0.4, -0.2) is 58.9 Å². The lowest BCUT2D eigenvalue weighted by molar-refractivity contribution is 0.0860. The molecule has 9 heteroatoms. The van der Waals surface area contributed by atoms with Gasteiger partial charge in [0.1, 0.15) is 5.69 Å². The van der Waals surface area contributed by atoms with E-state index in [0.717, 1.165) is 61.5 Å². The van der Waals surface area contributed by atoms with Crippen LogP contribution in [0.4, 0.5) is 0 Å². The Morgan fingerprint density at radius 1 is 1.09 bits per heavy atom. The van der Waals surface area contributed by atoms with Crippen molar-refractivity contribution in [2.24, 2.45) is 0 Å². The Balaban J connectivity index is 1.26. The number of likely N-dealkylation sites (N-methyl/N-ethyl adjacent to an activating group) is 1. The molecule has 2 heterocycles. The van der Waals surface area contributed by atoms with Crippen LogP contribution in [0.15, 0.2) is 24.3 Å². The number of nitrogens with zero attached hydrogens (tertiary/aromatic N) is 2. The molecule has 3 unspecified atom stereocenters. The molecule has 34 heavy (non-hydrogen) atoms. The summed E-state index contributed by atoms with van der Waals surface area (Å²) in [5, 5.41) is 8.39. The molecule has 3 atom stereocenters. The number of hydrogen-bond acceptors (Lipinski definition) is 5. The maximum Gasteiger partial charge on any atom is 0.280 e. The van der Waals surface area contributed by atoms with Gasteiger partial charge in [0, 0.05) is 38.9 Å². The van der Waals surface area contributed by atoms with Crippen molar-refractivity contribution in [1.82, 2.24) is 25.5 Å². The number of nitrogens with one attached hydrogen (secondary N) is 3. The van der Waals surface area contributed by atoms with Gasteiger partial charge in [0.05, 0.1) is 5.69 Å². The van der Waals surface area contributed by atoms with Crippen LogP contribution in [0.5, 0.6) is 0 Å². The van der Waals surface area contributed by atoms with Crippen LogP contribution < -0.4 is 10.6 Å². The summed E-state index contributed by atoms with van der Waals surface area (Å²) in [6.07, 6.45) is 6.67. The van der Waals surface area contributed by atoms with Crippen molar-refractivity contribution < 1.29 is 9.59 Å². The molecular weight excluding hydrogens is 470 g/mol. The van der Waals surface area contributed by atoms with E-state index in [1.54, 1.807) is 6.07 Å². The van der Waals surface area contributed by atoms with Crippen LogP contribution in [0.2, 0.25) is 5.02 Å². The molecule has 0 bridgehead atoms. The van der Waals surface area contributed by atoms with Crippen molar-refractivity contribution in [2.45, 2.75) is 63.1 Å². The number of halogens is 1. The minimum absolute atomic E-state index is 0.112. The summed E-state index contributed by atoms with van der Waals surface area (Å²) in [5.41, 5.74) is 2.43. The molecule has 2 aliphatic rings. The van der Waals surface area contributed by atoms with Crippen molar-refractivity contribution in [2.75, 3.05) is 14.1 Å². The highest BCUT2D eigenvalue weighted by Gasteiger charge is 2.31. The topological polar surface area (TPSA) is 90.1 Å². The highest BCUT2D eigenvalue weighted by Crippen LogP contribution is 2.29. The monoisotopic (exact) mass is 499 g/mol. The van der Waals surface area contributed by atoms with Gasteiger partial charge in [0.2, 0.25) is 0 Å². The molecule has 2 amide bonds. The molecule has 0 radical (unpaired) electrons. The highest BCUT2D eigenvalue weighted by atomic mass is 35.5. The van der Waals surface area contributed by atoms with Crippen LogP contribution in [0.25, 0.3) is 10.9 Å². The van der Waals surface area contributed by atoms with E-state index in [4.69, 9.17) is 11.6 Å². The van der Waals surface area contributed by atoms with Gasteiger partial charge < -0.3 is 20.5 Å². The van der Waals surface area contributed by atoms with E-state index in [-0.39, 0.29) is 23.9 Å². The van der Waals surface area contributed by atoms with Crippen molar-refractivity contribution in [3.8, 4) is 0 Å². The summed E-state index contributed by atoms with van der Waals surface area (Å²) in [6.45, 7) is 0. The van der Waals surface area contributed by atoms with Gasteiger partial charge in [0.15, 0.2) is 5.01 Å². The number of aryl methyl sites for hydroxylation is 1. The first-order valence-electron chi connectivity index (χ1n) is 11.9. The maximum atomic E-state index is 13.1. The second-order valence-corrected chi connectivity index (χ2v) is 11.1. The molecule has 2 aliphatic carbocycles. The number of carbonyl (C=O) groups is 2. The van der Waals surface area contributed by atoms with Crippen LogP contribution in [0.3, 0.4) is 0 Å². The highest BCUT2D eigenvalue weighted by molar-refractivity contribution is 7.13. The van der Waals surface area contributed by atoms with E-state index < -0.39 is 0 Å². The van der Waals surface area contributed by atoms with E-state index >= 15 is 0 Å². The summed E-state index contributed by atoms with van der Waals surface area (Å²) in [6, 6.07) is 7.59. The Bertz CT molecular complexity index is 1220. The second kappa shape index (κ2) is 9.68. The third kappa shape index (κ3) is 4.85. The third-order valence-corrected chi connectivity index (χ3v) is 8.42. The first-order valence-corrected chi connectivity index (χ1v) is 13.1. The largest absolute Gasteiger partial charge is 0.351 e. The van der Waals surface area contributed by atoms with Crippen LogP contribution in [0.1, 0.15) is 63.0 Å². The van der Waals surface area contributed by atoms with Crippen molar-refractivity contribution >= 4 is 45.7 Å². The lowest BCUT2D eigenvalue weighted by atomic mass is 9.90. The standard InChI is InChI=1S/C25H30ClN5O2S/c1-31(2)16-8-10-20-22(13-16)34-25(30-20)24(33)29-19-6-4-3-5-18(19)28-23(32)21-12-14-11-15(26)7-9-17(14)27-21/h7,9,11-12,16,18-19,27H,3-6,8,10,13H2,1-2H3,(H,28,32)(H,29,33). The van der Waals surface area contributed by atoms with Gasteiger partial charge >= 0.3 is 0 Å². The minimum atomic E-state index is -0.169. The predicted molar refractivity (Wildman–Crippen MR) is 136 cm³/mol. The summed E-state index contributed by atoms with van der Waals surface area (Å²) < 4.78 is 0. The minimum Gasteiger partial charge on any atom is -0.351 e. The van der Waals surface area contributed by atoms with E-state index in [1.807, 2.05) is 18.2 Å². The number of amides is 2. The van der Waals surface area contributed by atoms with E-state index in [0.29, 0.717) is 21.8 Å². The van der Waals surface area contributed by atoms with Crippen LogP contribution in [0, 0.1) is 0 Å². The van der Waals surface area contributed by atoms with Crippen molar-refractivity contribution in [3.63, 3.8) is 0 Å². The number of thiazole rings is 1. The average molecular weight is 500 g/mol. The third-order valence-electron chi connectivity index (χ3n) is 7.06. The molecule has 3 aromatic rings. The zero-order chi connectivity index (χ0) is 23.8. The smallest absolute Gasteiger partial charge is 0.280 e. The zero-order valence-corrected chi connectivity index (χ0v) is 21.1. The van der Waals surface area contributed by atoms with E-state index in [9.17, 15) is 9.59 Å². The number of H-pyrrole nitrogens is 1. The number of fused-ring (bicyclic) bond motifs is 2. The summed E-state index contributed by atoms with van der Waals surface area (Å²) in [4.78, 5) is 37.4. The van der Waals surface area contributed by atoms with Crippen LogP contribution in [-0.2, 0) is 12.8 Å². The Morgan fingerprint density at radius 2 is 1.82 bits per heavy atom. The molecule has 1 aromatic carbocycles. The molecule has 0 aliphatic heterocycles. The Hall–Kier alpha value is -2.42. The van der Waals surface area contributed by atoms with Crippen LogP contribution >= 0.6 is 22.9 Å². The molecule has 7 nitrogen and oxygen atoms in total. The molecule has 3 N–H and O–H groups in total. The maximum absolute atomic E-state index is 13.1. The molecule has 0 spiro atoms. The molecular formula is C25H30ClN5O2S. The fraction of sp³-hybridized carbons (Fsp3) is 0.480. The first kappa shape index (κ1) is 23.3. The van der Waals surface area contributed by atoms with Gasteiger partial charge in [-0.25, -0.2) is 4.98 Å². The van der Waals surface area contributed by atoms with Gasteiger partial charge in [-0.3, -0.25) is 9.59 Å². The van der Waals surface area contributed by atoms with Crippen molar-refractivity contribution in [1.29, 1.82) is 0 Å². The number of rotatable bonds is 5. The number of aromatic nitrogens is 2. The number of benzene rings is 1. The van der Waals surface area contributed by atoms with Gasteiger partial charge in [-0.2, -0.15) is 0 Å². The van der Waals surface area contributed by atoms with Gasteiger partial charge in [0.25, 0.3) is 11.8 Å². The first-order chi connectivity index (χ1) is 16.4. The average Bonchev–Trinajstić information content (AvgIpc) is 3.43. The quantitative estimate of drug-likeness (QED) is 0.491. The number of aromatic amines is 1. The Labute approximate surface area is 208 Å². The van der Waals surface area contributed by atoms with Crippen molar-refractivity contribution in [3.05, 3.63) is 50.6 Å². The second-order valence-electron chi connectivity index (χ2n) is 9.61. The molecule has 0 saturated heterocycles. The zero-order valence-electron chi connectivity index (χ0n) is 19.5. The fourth-order valence-electron chi connectivity index (χ4n) is 5.07. The number of hydrogen-bond donors (Lipinski definition) is 3. The lowest BCUT2D eigenvalue weighted by Gasteiger charge is -2.32.